The Morgan fingerprint density at radius 3 is 1.84 bits per heavy atom. The molecule has 0 aromatic heterocycles. The molecule has 4 nitrogen and oxygen atoms in total. The summed E-state index contributed by atoms with van der Waals surface area (Å²) >= 11 is 5.81. The number of ether oxygens (including phenoxy) is 2. The van der Waals surface area contributed by atoms with Gasteiger partial charge in [0.15, 0.2) is 5.41 Å². The van der Waals surface area contributed by atoms with Crippen LogP contribution in [0.3, 0.4) is 0 Å². The molecule has 0 heterocycles. The van der Waals surface area contributed by atoms with Crippen LogP contribution in [-0.2, 0) is 24.5 Å². The second-order valence-corrected chi connectivity index (χ2v) is 4.51. The lowest BCUT2D eigenvalue weighted by Crippen LogP contribution is -2.43. The topological polar surface area (TPSA) is 52.6 Å². The minimum Gasteiger partial charge on any atom is -0.465 e. The van der Waals surface area contributed by atoms with Crippen LogP contribution in [0, 0.1) is 0 Å². The average molecular weight is 285 g/mol. The van der Waals surface area contributed by atoms with E-state index in [9.17, 15) is 9.59 Å². The normalized spacial score (nSPS) is 10.9. The van der Waals surface area contributed by atoms with Gasteiger partial charge >= 0.3 is 11.9 Å². The number of hydrogen-bond acceptors (Lipinski definition) is 4. The number of benzene rings is 1. The predicted molar refractivity (Wildman–Crippen MR) is 72.1 cm³/mol. The highest BCUT2D eigenvalue weighted by Gasteiger charge is 2.46. The van der Waals surface area contributed by atoms with Crippen molar-refractivity contribution < 1.29 is 19.1 Å². The van der Waals surface area contributed by atoms with Gasteiger partial charge < -0.3 is 9.47 Å². The zero-order valence-electron chi connectivity index (χ0n) is 11.2. The molecule has 104 valence electrons. The summed E-state index contributed by atoms with van der Waals surface area (Å²) in [6, 6.07) is 6.48. The Labute approximate surface area is 117 Å². The van der Waals surface area contributed by atoms with Gasteiger partial charge in [-0.25, -0.2) is 0 Å². The molecule has 19 heavy (non-hydrogen) atoms. The van der Waals surface area contributed by atoms with Crippen molar-refractivity contribution in [3.63, 3.8) is 0 Å². The number of esters is 2. The van der Waals surface area contributed by atoms with Crippen LogP contribution in [0.25, 0.3) is 0 Å². The first kappa shape index (κ1) is 15.5. The van der Waals surface area contributed by atoms with E-state index in [4.69, 9.17) is 21.1 Å². The molecule has 0 saturated carbocycles. The summed E-state index contributed by atoms with van der Waals surface area (Å²) in [7, 11) is 0. The third-order valence-electron chi connectivity index (χ3n) is 2.79. The largest absolute Gasteiger partial charge is 0.465 e. The van der Waals surface area contributed by atoms with Crippen LogP contribution in [0.1, 0.15) is 26.3 Å². The first-order valence-corrected chi connectivity index (χ1v) is 6.45. The van der Waals surface area contributed by atoms with Crippen molar-refractivity contribution in [2.24, 2.45) is 0 Å². The van der Waals surface area contributed by atoms with E-state index < -0.39 is 17.4 Å². The third-order valence-corrected chi connectivity index (χ3v) is 3.04. The second kappa shape index (κ2) is 6.57. The molecule has 1 aromatic carbocycles. The smallest absolute Gasteiger partial charge is 0.327 e. The zero-order chi connectivity index (χ0) is 14.5. The minimum absolute atomic E-state index is 0.196. The van der Waals surface area contributed by atoms with Gasteiger partial charge in [-0.05, 0) is 38.5 Å². The molecule has 0 spiro atoms. The summed E-state index contributed by atoms with van der Waals surface area (Å²) in [6.45, 7) is 5.26. The molecule has 5 heteroatoms. The molecule has 0 aliphatic heterocycles. The Hall–Kier alpha value is -1.55. The summed E-state index contributed by atoms with van der Waals surface area (Å²) in [5.74, 6) is -1.26. The number of carbonyl (C=O) groups is 2. The Morgan fingerprint density at radius 1 is 1.05 bits per heavy atom. The molecule has 0 unspecified atom stereocenters. The van der Waals surface area contributed by atoms with Gasteiger partial charge in [-0.2, -0.15) is 0 Å². The van der Waals surface area contributed by atoms with Gasteiger partial charge in [0.2, 0.25) is 0 Å². The highest BCUT2D eigenvalue weighted by Crippen LogP contribution is 2.28. The Kier molecular flexibility index (Phi) is 5.36. The average Bonchev–Trinajstić information content (AvgIpc) is 2.39. The van der Waals surface area contributed by atoms with Crippen LogP contribution < -0.4 is 0 Å². The van der Waals surface area contributed by atoms with Crippen LogP contribution in [0.15, 0.2) is 24.3 Å². The van der Waals surface area contributed by atoms with E-state index in [2.05, 4.69) is 0 Å². The fourth-order valence-corrected chi connectivity index (χ4v) is 1.78. The van der Waals surface area contributed by atoms with Crippen molar-refractivity contribution in [1.82, 2.24) is 0 Å². The fraction of sp³-hybridized carbons (Fsp3) is 0.429. The van der Waals surface area contributed by atoms with Crippen molar-refractivity contribution in [2.45, 2.75) is 26.2 Å². The monoisotopic (exact) mass is 284 g/mol. The Balaban J connectivity index is 3.21. The molecule has 1 rings (SSSR count). The van der Waals surface area contributed by atoms with Gasteiger partial charge in [-0.3, -0.25) is 9.59 Å². The van der Waals surface area contributed by atoms with Gasteiger partial charge in [0, 0.05) is 5.02 Å². The number of halogens is 1. The van der Waals surface area contributed by atoms with Crippen LogP contribution >= 0.6 is 11.6 Å². The molecule has 0 fully saturated rings. The SMILES string of the molecule is CCOC(=O)C(C)(C(=O)OCC)c1ccc(Cl)cc1. The lowest BCUT2D eigenvalue weighted by atomic mass is 9.82. The first-order chi connectivity index (χ1) is 8.96. The van der Waals surface area contributed by atoms with Gasteiger partial charge in [-0.1, -0.05) is 23.7 Å². The van der Waals surface area contributed by atoms with Gasteiger partial charge in [0.05, 0.1) is 13.2 Å². The first-order valence-electron chi connectivity index (χ1n) is 6.07. The molecule has 0 amide bonds. The van der Waals surface area contributed by atoms with E-state index >= 15 is 0 Å². The maximum absolute atomic E-state index is 12.1. The van der Waals surface area contributed by atoms with E-state index in [0.717, 1.165) is 0 Å². The molecule has 0 radical (unpaired) electrons. The maximum Gasteiger partial charge on any atom is 0.327 e. The maximum atomic E-state index is 12.1. The molecule has 0 bridgehead atoms. The van der Waals surface area contributed by atoms with E-state index in [1.54, 1.807) is 38.1 Å². The fourth-order valence-electron chi connectivity index (χ4n) is 1.65. The van der Waals surface area contributed by atoms with E-state index in [1.165, 1.54) is 6.92 Å². The minimum atomic E-state index is -1.48. The third kappa shape index (κ3) is 3.26. The van der Waals surface area contributed by atoms with E-state index in [0.29, 0.717) is 10.6 Å². The Morgan fingerprint density at radius 2 is 1.47 bits per heavy atom. The number of carbonyl (C=O) groups excluding carboxylic acids is 2. The summed E-state index contributed by atoms with van der Waals surface area (Å²) in [5, 5.41) is 0.527. The molecule has 1 aromatic rings. The van der Waals surface area contributed by atoms with Gasteiger partial charge in [0.25, 0.3) is 0 Å². The lowest BCUT2D eigenvalue weighted by Gasteiger charge is -2.25. The van der Waals surface area contributed by atoms with Crippen molar-refractivity contribution in [3.05, 3.63) is 34.9 Å². The standard InChI is InChI=1S/C14H17ClO4/c1-4-18-12(16)14(3,13(17)19-5-2)10-6-8-11(15)9-7-10/h6-9H,4-5H2,1-3H3. The lowest BCUT2D eigenvalue weighted by molar-refractivity contribution is -0.163. The van der Waals surface area contributed by atoms with E-state index in [1.807, 2.05) is 0 Å². The van der Waals surface area contributed by atoms with Crippen molar-refractivity contribution in [1.29, 1.82) is 0 Å². The quantitative estimate of drug-likeness (QED) is 0.616. The van der Waals surface area contributed by atoms with Crippen LogP contribution in [-0.4, -0.2) is 25.2 Å². The number of rotatable bonds is 5. The summed E-state index contributed by atoms with van der Waals surface area (Å²) in [4.78, 5) is 24.2. The van der Waals surface area contributed by atoms with Gasteiger partial charge in [0.1, 0.15) is 0 Å². The predicted octanol–water partition coefficient (Wildman–Crippen LogP) is 2.72. The number of hydrogen-bond donors (Lipinski definition) is 0. The molecule has 0 atom stereocenters. The van der Waals surface area contributed by atoms with Crippen molar-refractivity contribution >= 4 is 23.5 Å². The van der Waals surface area contributed by atoms with Crippen molar-refractivity contribution in [2.75, 3.05) is 13.2 Å². The molecule has 0 N–H and O–H groups in total. The summed E-state index contributed by atoms with van der Waals surface area (Å²) in [5.41, 5.74) is -0.981. The Bertz CT molecular complexity index is 435. The van der Waals surface area contributed by atoms with Crippen LogP contribution in [0.2, 0.25) is 5.02 Å². The van der Waals surface area contributed by atoms with Crippen LogP contribution in [0.5, 0.6) is 0 Å². The molecular weight excluding hydrogens is 268 g/mol. The van der Waals surface area contributed by atoms with Gasteiger partial charge in [-0.15, -0.1) is 0 Å². The van der Waals surface area contributed by atoms with Crippen molar-refractivity contribution in [3.8, 4) is 0 Å². The highest BCUT2D eigenvalue weighted by atomic mass is 35.5. The highest BCUT2D eigenvalue weighted by molar-refractivity contribution is 6.30. The second-order valence-electron chi connectivity index (χ2n) is 4.07. The summed E-state index contributed by atoms with van der Waals surface area (Å²) < 4.78 is 9.97. The molecule has 0 aliphatic rings. The molecular formula is C14H17ClO4. The zero-order valence-corrected chi connectivity index (χ0v) is 12.0. The summed E-state index contributed by atoms with van der Waals surface area (Å²) in [6.07, 6.45) is 0. The van der Waals surface area contributed by atoms with E-state index in [-0.39, 0.29) is 13.2 Å². The molecule has 0 aliphatic carbocycles. The molecule has 0 saturated heterocycles. The van der Waals surface area contributed by atoms with Crippen LogP contribution in [0.4, 0.5) is 0 Å².